The number of rotatable bonds is 2. The van der Waals surface area contributed by atoms with Gasteiger partial charge >= 0.3 is 0 Å². The number of ketones is 1. The van der Waals surface area contributed by atoms with Crippen molar-refractivity contribution < 1.29 is 14.4 Å². The highest BCUT2D eigenvalue weighted by Gasteiger charge is 2.34. The van der Waals surface area contributed by atoms with Crippen LogP contribution in [0.1, 0.15) is 33.3 Å². The van der Waals surface area contributed by atoms with Gasteiger partial charge in [-0.1, -0.05) is 18.2 Å². The van der Waals surface area contributed by atoms with Crippen molar-refractivity contribution in [2.45, 2.75) is 6.92 Å². The van der Waals surface area contributed by atoms with Crippen LogP contribution in [0.15, 0.2) is 60.3 Å². The summed E-state index contributed by atoms with van der Waals surface area (Å²) in [7, 11) is 0. The monoisotopic (exact) mass is 426 g/mol. The minimum atomic E-state index is -0.230. The van der Waals surface area contributed by atoms with E-state index in [2.05, 4.69) is 10.3 Å². The van der Waals surface area contributed by atoms with Gasteiger partial charge in [-0.15, -0.1) is 0 Å². The summed E-state index contributed by atoms with van der Waals surface area (Å²) in [4.78, 5) is 45.9. The molecule has 3 aromatic rings. The molecule has 0 unspecified atom stereocenters. The zero-order valence-electron chi connectivity index (χ0n) is 17.7. The van der Waals surface area contributed by atoms with Gasteiger partial charge in [-0.25, -0.2) is 4.98 Å². The number of benzene rings is 2. The molecule has 5 rings (SSSR count). The highest BCUT2D eigenvalue weighted by atomic mass is 16.2. The number of carbonyl (C=O) groups is 3. The minimum absolute atomic E-state index is 0.0195. The SMILES string of the molecule is CC(=O)N1/C(=C\c2ccc3cc(C(=O)N4CCNCC4)ccc3n2)C(=O)c2ccccc21. The van der Waals surface area contributed by atoms with E-state index in [1.165, 1.54) is 11.8 Å². The third-order valence-electron chi connectivity index (χ3n) is 5.82. The fourth-order valence-electron chi connectivity index (χ4n) is 4.24. The molecule has 2 amide bonds. The molecule has 1 saturated heterocycles. The van der Waals surface area contributed by atoms with E-state index in [-0.39, 0.29) is 23.3 Å². The molecule has 0 bridgehead atoms. The number of piperazine rings is 1. The van der Waals surface area contributed by atoms with E-state index >= 15 is 0 Å². The molecule has 32 heavy (non-hydrogen) atoms. The van der Waals surface area contributed by atoms with E-state index in [1.54, 1.807) is 42.5 Å². The van der Waals surface area contributed by atoms with Crippen LogP contribution in [0.2, 0.25) is 0 Å². The van der Waals surface area contributed by atoms with E-state index in [9.17, 15) is 14.4 Å². The number of hydrogen-bond donors (Lipinski definition) is 1. The number of hydrogen-bond acceptors (Lipinski definition) is 5. The van der Waals surface area contributed by atoms with Crippen molar-refractivity contribution >= 4 is 40.3 Å². The van der Waals surface area contributed by atoms with Gasteiger partial charge in [-0.3, -0.25) is 19.3 Å². The zero-order chi connectivity index (χ0) is 22.2. The standard InChI is InChI=1S/C25H22N4O3/c1-16(30)29-22-5-3-2-4-20(22)24(31)23(29)15-19-8-6-17-14-18(7-9-21(17)27-19)25(32)28-12-10-26-11-13-28/h2-9,14-15,26H,10-13H2,1H3/b23-15-. The fraction of sp³-hybridized carbons (Fsp3) is 0.200. The first-order chi connectivity index (χ1) is 15.5. The lowest BCUT2D eigenvalue weighted by Gasteiger charge is -2.27. The molecule has 1 fully saturated rings. The second-order valence-electron chi connectivity index (χ2n) is 7.92. The summed E-state index contributed by atoms with van der Waals surface area (Å²) in [5.41, 5.74) is 3.31. The zero-order valence-corrected chi connectivity index (χ0v) is 17.7. The van der Waals surface area contributed by atoms with Crippen molar-refractivity contribution in [3.05, 3.63) is 77.1 Å². The Morgan fingerprint density at radius 3 is 2.59 bits per heavy atom. The van der Waals surface area contributed by atoms with Gasteiger partial charge in [0.2, 0.25) is 11.7 Å². The number of pyridine rings is 1. The highest BCUT2D eigenvalue weighted by Crippen LogP contribution is 2.35. The molecule has 2 aromatic carbocycles. The van der Waals surface area contributed by atoms with Gasteiger partial charge in [0.1, 0.15) is 0 Å². The molecule has 3 heterocycles. The number of amides is 2. The Hall–Kier alpha value is -3.84. The number of aromatic nitrogens is 1. The fourth-order valence-corrected chi connectivity index (χ4v) is 4.24. The number of allylic oxidation sites excluding steroid dienone is 1. The Bertz CT molecular complexity index is 1290. The van der Waals surface area contributed by atoms with Gasteiger partial charge in [0, 0.05) is 49.6 Å². The van der Waals surface area contributed by atoms with Gasteiger partial charge in [-0.2, -0.15) is 0 Å². The maximum Gasteiger partial charge on any atom is 0.253 e. The third kappa shape index (κ3) is 3.46. The van der Waals surface area contributed by atoms with Crippen LogP contribution in [0.4, 0.5) is 5.69 Å². The van der Waals surface area contributed by atoms with E-state index in [4.69, 9.17) is 0 Å². The van der Waals surface area contributed by atoms with Gasteiger partial charge in [0.25, 0.3) is 5.91 Å². The lowest BCUT2D eigenvalue weighted by Crippen LogP contribution is -2.46. The lowest BCUT2D eigenvalue weighted by molar-refractivity contribution is -0.116. The summed E-state index contributed by atoms with van der Waals surface area (Å²) in [5, 5.41) is 4.09. The maximum absolute atomic E-state index is 12.9. The van der Waals surface area contributed by atoms with Gasteiger partial charge in [0.05, 0.1) is 22.6 Å². The number of nitrogens with zero attached hydrogens (tertiary/aromatic N) is 3. The Kier molecular flexibility index (Phi) is 5.03. The van der Waals surface area contributed by atoms with E-state index in [0.29, 0.717) is 41.1 Å². The van der Waals surface area contributed by atoms with Crippen LogP contribution >= 0.6 is 0 Å². The molecule has 2 aliphatic rings. The second-order valence-corrected chi connectivity index (χ2v) is 7.92. The summed E-state index contributed by atoms with van der Waals surface area (Å²) in [6.45, 7) is 4.45. The largest absolute Gasteiger partial charge is 0.336 e. The summed E-state index contributed by atoms with van der Waals surface area (Å²) in [6.07, 6.45) is 1.64. The minimum Gasteiger partial charge on any atom is -0.336 e. The molecule has 0 radical (unpaired) electrons. The Morgan fingerprint density at radius 1 is 1.03 bits per heavy atom. The predicted molar refractivity (Wildman–Crippen MR) is 122 cm³/mol. The summed E-state index contributed by atoms with van der Waals surface area (Å²) in [6, 6.07) is 16.2. The third-order valence-corrected chi connectivity index (χ3v) is 5.82. The first kappa shape index (κ1) is 20.1. The van der Waals surface area contributed by atoms with Crippen molar-refractivity contribution in [1.29, 1.82) is 0 Å². The lowest BCUT2D eigenvalue weighted by atomic mass is 10.1. The molecule has 7 nitrogen and oxygen atoms in total. The predicted octanol–water partition coefficient (Wildman–Crippen LogP) is 2.87. The molecule has 1 aromatic heterocycles. The molecular weight excluding hydrogens is 404 g/mol. The number of Topliss-reactive ketones (excluding diaryl/α,β-unsaturated/α-hetero) is 1. The Balaban J connectivity index is 1.48. The average Bonchev–Trinajstić information content (AvgIpc) is 3.10. The molecule has 0 spiro atoms. The van der Waals surface area contributed by atoms with Crippen LogP contribution in [0.3, 0.4) is 0 Å². The normalized spacial score (nSPS) is 17.2. The first-order valence-electron chi connectivity index (χ1n) is 10.6. The van der Waals surface area contributed by atoms with Crippen molar-refractivity contribution in [2.24, 2.45) is 0 Å². The van der Waals surface area contributed by atoms with Crippen LogP contribution in [-0.2, 0) is 4.79 Å². The Morgan fingerprint density at radius 2 is 1.81 bits per heavy atom. The molecule has 0 aliphatic carbocycles. The van der Waals surface area contributed by atoms with Crippen molar-refractivity contribution in [3.8, 4) is 0 Å². The van der Waals surface area contributed by atoms with E-state index in [0.717, 1.165) is 18.5 Å². The van der Waals surface area contributed by atoms with Crippen LogP contribution in [0.5, 0.6) is 0 Å². The van der Waals surface area contributed by atoms with Crippen molar-refractivity contribution in [3.63, 3.8) is 0 Å². The molecule has 0 saturated carbocycles. The Labute approximate surface area is 185 Å². The number of carbonyl (C=O) groups excluding carboxylic acids is 3. The molecule has 1 N–H and O–H groups in total. The van der Waals surface area contributed by atoms with Crippen LogP contribution < -0.4 is 10.2 Å². The van der Waals surface area contributed by atoms with Crippen molar-refractivity contribution in [2.75, 3.05) is 31.1 Å². The maximum atomic E-state index is 12.9. The summed E-state index contributed by atoms with van der Waals surface area (Å²) < 4.78 is 0. The number of para-hydroxylation sites is 1. The summed E-state index contributed by atoms with van der Waals surface area (Å²) in [5.74, 6) is -0.410. The number of fused-ring (bicyclic) bond motifs is 2. The highest BCUT2D eigenvalue weighted by molar-refractivity contribution is 6.26. The van der Waals surface area contributed by atoms with E-state index in [1.807, 2.05) is 23.1 Å². The number of anilines is 1. The molecule has 0 atom stereocenters. The number of nitrogens with one attached hydrogen (secondary N) is 1. The quantitative estimate of drug-likeness (QED) is 0.637. The molecule has 7 heteroatoms. The van der Waals surface area contributed by atoms with Gasteiger partial charge in [0.15, 0.2) is 0 Å². The topological polar surface area (TPSA) is 82.6 Å². The van der Waals surface area contributed by atoms with Crippen LogP contribution in [0.25, 0.3) is 17.0 Å². The molecule has 2 aliphatic heterocycles. The van der Waals surface area contributed by atoms with Crippen molar-refractivity contribution in [1.82, 2.24) is 15.2 Å². The van der Waals surface area contributed by atoms with Crippen LogP contribution in [0, 0.1) is 0 Å². The van der Waals surface area contributed by atoms with Gasteiger partial charge < -0.3 is 10.2 Å². The summed E-state index contributed by atoms with van der Waals surface area (Å²) >= 11 is 0. The smallest absolute Gasteiger partial charge is 0.253 e. The molecule has 160 valence electrons. The molecular formula is C25H22N4O3. The first-order valence-corrected chi connectivity index (χ1v) is 10.6. The van der Waals surface area contributed by atoms with Crippen LogP contribution in [-0.4, -0.2) is 53.7 Å². The van der Waals surface area contributed by atoms with Gasteiger partial charge in [-0.05, 0) is 42.5 Å². The van der Waals surface area contributed by atoms with E-state index < -0.39 is 0 Å². The second kappa shape index (κ2) is 8.01. The average molecular weight is 426 g/mol.